The summed E-state index contributed by atoms with van der Waals surface area (Å²) < 4.78 is 2.91. The van der Waals surface area contributed by atoms with E-state index in [1.54, 1.807) is 4.68 Å². The first-order valence-electron chi connectivity index (χ1n) is 7.15. The number of benzene rings is 1. The standard InChI is InChI=1S/C15H21BrN4S/c1-3-8-17-13(9-12-10-20(2)19-18-12)11-21-15-7-5-4-6-14(15)16/h4-7,10,13,17H,3,8-9,11H2,1-2H3. The summed E-state index contributed by atoms with van der Waals surface area (Å²) in [7, 11) is 1.90. The van der Waals surface area contributed by atoms with Gasteiger partial charge in [0, 0.05) is 40.8 Å². The van der Waals surface area contributed by atoms with Gasteiger partial charge in [0.05, 0.1) is 5.69 Å². The van der Waals surface area contributed by atoms with E-state index in [1.807, 2.05) is 31.1 Å². The lowest BCUT2D eigenvalue weighted by atomic mass is 10.2. The van der Waals surface area contributed by atoms with Gasteiger partial charge in [-0.15, -0.1) is 16.9 Å². The molecule has 0 radical (unpaired) electrons. The largest absolute Gasteiger partial charge is 0.313 e. The van der Waals surface area contributed by atoms with Crippen LogP contribution in [-0.4, -0.2) is 33.3 Å². The molecule has 0 saturated heterocycles. The third-order valence-electron chi connectivity index (χ3n) is 3.07. The Bertz CT molecular complexity index is 558. The molecule has 0 spiro atoms. The summed E-state index contributed by atoms with van der Waals surface area (Å²) in [4.78, 5) is 1.28. The quantitative estimate of drug-likeness (QED) is 0.726. The van der Waals surface area contributed by atoms with Crippen molar-refractivity contribution in [2.45, 2.75) is 30.7 Å². The van der Waals surface area contributed by atoms with Crippen LogP contribution < -0.4 is 5.32 Å². The molecule has 0 aliphatic carbocycles. The van der Waals surface area contributed by atoms with Crippen LogP contribution >= 0.6 is 27.7 Å². The van der Waals surface area contributed by atoms with Gasteiger partial charge < -0.3 is 5.32 Å². The van der Waals surface area contributed by atoms with Gasteiger partial charge in [-0.25, -0.2) is 0 Å². The van der Waals surface area contributed by atoms with Crippen LogP contribution in [0.15, 0.2) is 39.8 Å². The fourth-order valence-electron chi connectivity index (χ4n) is 2.03. The molecular weight excluding hydrogens is 348 g/mol. The maximum atomic E-state index is 4.19. The van der Waals surface area contributed by atoms with Gasteiger partial charge in [-0.1, -0.05) is 24.3 Å². The fourth-order valence-corrected chi connectivity index (χ4v) is 3.66. The summed E-state index contributed by atoms with van der Waals surface area (Å²) in [6, 6.07) is 8.75. The van der Waals surface area contributed by atoms with Crippen LogP contribution in [0.2, 0.25) is 0 Å². The van der Waals surface area contributed by atoms with Gasteiger partial charge in [0.2, 0.25) is 0 Å². The van der Waals surface area contributed by atoms with E-state index in [1.165, 1.54) is 4.90 Å². The zero-order chi connectivity index (χ0) is 15.1. The van der Waals surface area contributed by atoms with E-state index in [4.69, 9.17) is 0 Å². The van der Waals surface area contributed by atoms with Crippen LogP contribution in [0.3, 0.4) is 0 Å². The number of nitrogens with zero attached hydrogens (tertiary/aromatic N) is 3. The van der Waals surface area contributed by atoms with Gasteiger partial charge in [-0.2, -0.15) is 0 Å². The SMILES string of the molecule is CCCNC(CSc1ccccc1Br)Cc1cn(C)nn1. The molecule has 4 nitrogen and oxygen atoms in total. The number of hydrogen-bond acceptors (Lipinski definition) is 4. The summed E-state index contributed by atoms with van der Waals surface area (Å²) in [6.07, 6.45) is 4.03. The highest BCUT2D eigenvalue weighted by molar-refractivity contribution is 9.10. The van der Waals surface area contributed by atoms with E-state index in [0.717, 1.165) is 35.3 Å². The monoisotopic (exact) mass is 368 g/mol. The van der Waals surface area contributed by atoms with E-state index in [0.29, 0.717) is 6.04 Å². The molecule has 1 aromatic heterocycles. The Morgan fingerprint density at radius 2 is 2.19 bits per heavy atom. The van der Waals surface area contributed by atoms with Crippen LogP contribution in [0.25, 0.3) is 0 Å². The number of halogens is 1. The normalized spacial score (nSPS) is 12.5. The lowest BCUT2D eigenvalue weighted by molar-refractivity contribution is 0.544. The summed E-state index contributed by atoms with van der Waals surface area (Å²) in [5.74, 6) is 1.01. The smallest absolute Gasteiger partial charge is 0.0842 e. The van der Waals surface area contributed by atoms with E-state index in [2.05, 4.69) is 56.7 Å². The van der Waals surface area contributed by atoms with Gasteiger partial charge in [-0.3, -0.25) is 4.68 Å². The van der Waals surface area contributed by atoms with Crippen molar-refractivity contribution in [1.82, 2.24) is 20.3 Å². The first-order chi connectivity index (χ1) is 10.2. The Labute approximate surface area is 138 Å². The lowest BCUT2D eigenvalue weighted by Crippen LogP contribution is -2.34. The lowest BCUT2D eigenvalue weighted by Gasteiger charge is -2.17. The maximum absolute atomic E-state index is 4.19. The number of rotatable bonds is 8. The maximum Gasteiger partial charge on any atom is 0.0842 e. The summed E-state index contributed by atoms with van der Waals surface area (Å²) in [5, 5.41) is 11.8. The number of thioether (sulfide) groups is 1. The second-order valence-electron chi connectivity index (χ2n) is 4.98. The molecule has 0 amide bonds. The number of aromatic nitrogens is 3. The summed E-state index contributed by atoms with van der Waals surface area (Å²) >= 11 is 5.47. The number of aryl methyl sites for hydroxylation is 1. The van der Waals surface area contributed by atoms with Crippen LogP contribution in [-0.2, 0) is 13.5 Å². The Kier molecular flexibility index (Phi) is 6.73. The Morgan fingerprint density at radius 3 is 2.86 bits per heavy atom. The van der Waals surface area contributed by atoms with Crippen LogP contribution in [0.5, 0.6) is 0 Å². The molecule has 0 aliphatic rings. The Morgan fingerprint density at radius 1 is 1.38 bits per heavy atom. The van der Waals surface area contributed by atoms with Gasteiger partial charge in [0.25, 0.3) is 0 Å². The van der Waals surface area contributed by atoms with E-state index in [9.17, 15) is 0 Å². The van der Waals surface area contributed by atoms with Gasteiger partial charge >= 0.3 is 0 Å². The Balaban J connectivity index is 1.94. The average molecular weight is 369 g/mol. The van der Waals surface area contributed by atoms with Crippen molar-refractivity contribution in [3.05, 3.63) is 40.6 Å². The van der Waals surface area contributed by atoms with Crippen LogP contribution in [0.1, 0.15) is 19.0 Å². The highest BCUT2D eigenvalue weighted by atomic mass is 79.9. The summed E-state index contributed by atoms with van der Waals surface area (Å²) in [6.45, 7) is 3.22. The fraction of sp³-hybridized carbons (Fsp3) is 0.467. The molecular formula is C15H21BrN4S. The molecule has 0 fully saturated rings. The molecule has 1 unspecified atom stereocenters. The van der Waals surface area contributed by atoms with E-state index >= 15 is 0 Å². The first-order valence-corrected chi connectivity index (χ1v) is 8.92. The Hall–Kier alpha value is -0.850. The van der Waals surface area contributed by atoms with Crippen molar-refractivity contribution in [2.24, 2.45) is 7.05 Å². The van der Waals surface area contributed by atoms with E-state index in [-0.39, 0.29) is 0 Å². The molecule has 21 heavy (non-hydrogen) atoms. The molecule has 1 atom stereocenters. The molecule has 1 aromatic carbocycles. The van der Waals surface area contributed by atoms with Gasteiger partial charge in [-0.05, 0) is 41.0 Å². The summed E-state index contributed by atoms with van der Waals surface area (Å²) in [5.41, 5.74) is 1.04. The zero-order valence-corrected chi connectivity index (χ0v) is 14.8. The van der Waals surface area contributed by atoms with Crippen molar-refractivity contribution in [3.8, 4) is 0 Å². The minimum atomic E-state index is 0.402. The highest BCUT2D eigenvalue weighted by Gasteiger charge is 2.12. The third kappa shape index (κ3) is 5.45. The molecule has 2 aromatic rings. The van der Waals surface area contributed by atoms with Crippen LogP contribution in [0.4, 0.5) is 0 Å². The predicted octanol–water partition coefficient (Wildman–Crippen LogP) is 3.28. The minimum Gasteiger partial charge on any atom is -0.313 e. The molecule has 6 heteroatoms. The molecule has 0 bridgehead atoms. The average Bonchev–Trinajstić information content (AvgIpc) is 2.88. The number of nitrogens with one attached hydrogen (secondary N) is 1. The van der Waals surface area contributed by atoms with Crippen LogP contribution in [0, 0.1) is 0 Å². The molecule has 2 rings (SSSR count). The third-order valence-corrected chi connectivity index (χ3v) is 5.26. The molecule has 1 heterocycles. The van der Waals surface area contributed by atoms with Crippen molar-refractivity contribution in [1.29, 1.82) is 0 Å². The van der Waals surface area contributed by atoms with Gasteiger partial charge in [0.15, 0.2) is 0 Å². The van der Waals surface area contributed by atoms with Gasteiger partial charge in [0.1, 0.15) is 0 Å². The first kappa shape index (κ1) is 16.5. The highest BCUT2D eigenvalue weighted by Crippen LogP contribution is 2.27. The van der Waals surface area contributed by atoms with Crippen molar-refractivity contribution in [2.75, 3.05) is 12.3 Å². The predicted molar refractivity (Wildman–Crippen MR) is 91.7 cm³/mol. The topological polar surface area (TPSA) is 42.7 Å². The molecule has 0 saturated carbocycles. The van der Waals surface area contributed by atoms with E-state index < -0.39 is 0 Å². The molecule has 114 valence electrons. The van der Waals surface area contributed by atoms with Crippen molar-refractivity contribution in [3.63, 3.8) is 0 Å². The zero-order valence-electron chi connectivity index (χ0n) is 12.4. The molecule has 1 N–H and O–H groups in total. The van der Waals surface area contributed by atoms with Crippen molar-refractivity contribution < 1.29 is 0 Å². The van der Waals surface area contributed by atoms with Crippen molar-refractivity contribution >= 4 is 27.7 Å². The second kappa shape index (κ2) is 8.56. The number of hydrogen-bond donors (Lipinski definition) is 1. The second-order valence-corrected chi connectivity index (χ2v) is 6.90. The molecule has 0 aliphatic heterocycles. The minimum absolute atomic E-state index is 0.402.